The Morgan fingerprint density at radius 1 is 1.61 bits per heavy atom. The van der Waals surface area contributed by atoms with Crippen molar-refractivity contribution in [3.63, 3.8) is 0 Å². The van der Waals surface area contributed by atoms with E-state index in [2.05, 4.69) is 15.9 Å². The highest BCUT2D eigenvalue weighted by molar-refractivity contribution is 5.92. The molecule has 0 N–H and O–H groups in total. The van der Waals surface area contributed by atoms with Crippen molar-refractivity contribution in [2.24, 2.45) is 10.5 Å². The van der Waals surface area contributed by atoms with Crippen molar-refractivity contribution in [2.45, 2.75) is 19.4 Å². The second kappa shape index (κ2) is 6.90. The van der Waals surface area contributed by atoms with Crippen LogP contribution in [0.3, 0.4) is 0 Å². The molecule has 1 aliphatic rings. The van der Waals surface area contributed by atoms with E-state index in [0.717, 1.165) is 0 Å². The molecule has 0 radical (unpaired) electrons. The summed E-state index contributed by atoms with van der Waals surface area (Å²) in [6.07, 6.45) is 6.01. The smallest absolute Gasteiger partial charge is 0.314 e. The summed E-state index contributed by atoms with van der Waals surface area (Å²) in [6.45, 7) is 0.615. The quantitative estimate of drug-likeness (QED) is 0.272. The molecule has 1 amide bonds. The molecule has 0 aromatic carbocycles. The van der Waals surface area contributed by atoms with E-state index in [1.807, 2.05) is 0 Å². The van der Waals surface area contributed by atoms with Gasteiger partial charge in [0.2, 0.25) is 0 Å². The number of hydrogen-bond acceptors (Lipinski definition) is 5. The molecule has 1 unspecified atom stereocenters. The molecule has 1 aliphatic heterocycles. The summed E-state index contributed by atoms with van der Waals surface area (Å²) in [5, 5.41) is 3.37. The van der Waals surface area contributed by atoms with Gasteiger partial charge in [-0.1, -0.05) is 5.11 Å². The minimum absolute atomic E-state index is 0.0347. The number of hydrogen-bond donors (Lipinski definition) is 0. The summed E-state index contributed by atoms with van der Waals surface area (Å²) in [5.41, 5.74) is 7.42. The number of azide groups is 1. The second-order valence-corrected chi connectivity index (χ2v) is 5.28. The Labute approximate surface area is 133 Å². The van der Waals surface area contributed by atoms with Gasteiger partial charge in [0.15, 0.2) is 5.76 Å². The number of amides is 1. The Hall–Kier alpha value is -2.91. The number of ether oxygens (including phenoxy) is 1. The number of nitrogens with zero attached hydrogens (tertiary/aromatic N) is 4. The molecule has 0 aliphatic carbocycles. The maximum absolute atomic E-state index is 12.5. The van der Waals surface area contributed by atoms with Crippen LogP contribution in [-0.4, -0.2) is 37.0 Å². The first kappa shape index (κ1) is 16.5. The van der Waals surface area contributed by atoms with Crippen molar-refractivity contribution in [3.05, 3.63) is 34.1 Å². The van der Waals surface area contributed by atoms with Crippen LogP contribution in [0.15, 0.2) is 21.7 Å². The number of furan rings is 1. The molecule has 8 heteroatoms. The average Bonchev–Trinajstić information content (AvgIpc) is 3.20. The zero-order valence-corrected chi connectivity index (χ0v) is 12.7. The van der Waals surface area contributed by atoms with Gasteiger partial charge in [-0.05, 0) is 24.1 Å². The van der Waals surface area contributed by atoms with Crippen LogP contribution in [0, 0.1) is 17.8 Å². The van der Waals surface area contributed by atoms with Crippen LogP contribution in [0.2, 0.25) is 0 Å². The van der Waals surface area contributed by atoms with E-state index in [1.54, 1.807) is 6.07 Å². The Kier molecular flexibility index (Phi) is 4.94. The summed E-state index contributed by atoms with van der Waals surface area (Å²) < 4.78 is 10.2. The minimum Gasteiger partial charge on any atom is -0.469 e. The van der Waals surface area contributed by atoms with Crippen molar-refractivity contribution >= 4 is 11.9 Å². The molecule has 2 rings (SSSR count). The highest BCUT2D eigenvalue weighted by Crippen LogP contribution is 2.35. The Morgan fingerprint density at radius 2 is 2.39 bits per heavy atom. The van der Waals surface area contributed by atoms with Crippen LogP contribution in [0.1, 0.15) is 29.2 Å². The fourth-order valence-corrected chi connectivity index (χ4v) is 2.68. The fourth-order valence-electron chi connectivity index (χ4n) is 2.68. The van der Waals surface area contributed by atoms with Gasteiger partial charge in [0.1, 0.15) is 5.76 Å². The lowest BCUT2D eigenvalue weighted by molar-refractivity contribution is -0.151. The highest BCUT2D eigenvalue weighted by Gasteiger charge is 2.47. The number of rotatable bonds is 5. The Balaban J connectivity index is 2.12. The first-order chi connectivity index (χ1) is 11.1. The normalized spacial score (nSPS) is 19.7. The minimum atomic E-state index is -0.861. The lowest BCUT2D eigenvalue weighted by Crippen LogP contribution is -2.37. The summed E-state index contributed by atoms with van der Waals surface area (Å²) in [5.74, 6) is 2.27. The second-order valence-electron chi connectivity index (χ2n) is 5.28. The van der Waals surface area contributed by atoms with Crippen LogP contribution in [-0.2, 0) is 16.1 Å². The van der Waals surface area contributed by atoms with E-state index in [4.69, 9.17) is 21.1 Å². The van der Waals surface area contributed by atoms with Gasteiger partial charge in [-0.15, -0.1) is 12.3 Å². The third kappa shape index (κ3) is 3.30. The first-order valence-corrected chi connectivity index (χ1v) is 6.97. The molecule has 0 saturated carbocycles. The Morgan fingerprint density at radius 3 is 3.04 bits per heavy atom. The monoisotopic (exact) mass is 316 g/mol. The number of carbonyl (C=O) groups excluding carboxylic acids is 2. The SMILES string of the molecule is C#CCC1(C(=O)OC)CCN(C(=O)c2ccc(CN=[N+]=[N-])o2)C1. The molecule has 1 aromatic heterocycles. The van der Waals surface area contributed by atoms with Crippen LogP contribution < -0.4 is 0 Å². The molecular formula is C15H16N4O4. The van der Waals surface area contributed by atoms with E-state index in [9.17, 15) is 9.59 Å². The first-order valence-electron chi connectivity index (χ1n) is 6.97. The van der Waals surface area contributed by atoms with Crippen LogP contribution in [0.5, 0.6) is 0 Å². The van der Waals surface area contributed by atoms with Gasteiger partial charge in [0, 0.05) is 24.4 Å². The predicted octanol–water partition coefficient (Wildman–Crippen LogP) is 2.12. The van der Waals surface area contributed by atoms with Gasteiger partial charge < -0.3 is 14.1 Å². The van der Waals surface area contributed by atoms with E-state index < -0.39 is 11.4 Å². The number of carbonyl (C=O) groups is 2. The molecule has 1 aromatic rings. The topological polar surface area (TPSA) is 109 Å². The van der Waals surface area contributed by atoms with Crippen LogP contribution in [0.4, 0.5) is 0 Å². The van der Waals surface area contributed by atoms with Crippen LogP contribution >= 0.6 is 0 Å². The fraction of sp³-hybridized carbons (Fsp3) is 0.467. The molecule has 23 heavy (non-hydrogen) atoms. The molecule has 1 atom stereocenters. The van der Waals surface area contributed by atoms with Crippen molar-refractivity contribution in [1.82, 2.24) is 4.90 Å². The third-order valence-electron chi connectivity index (χ3n) is 3.86. The summed E-state index contributed by atoms with van der Waals surface area (Å²) in [6, 6.07) is 3.09. The number of esters is 1. The summed E-state index contributed by atoms with van der Waals surface area (Å²) >= 11 is 0. The van der Waals surface area contributed by atoms with Crippen molar-refractivity contribution in [2.75, 3.05) is 20.2 Å². The summed E-state index contributed by atoms with van der Waals surface area (Å²) in [7, 11) is 1.31. The lowest BCUT2D eigenvalue weighted by Gasteiger charge is -2.24. The molecule has 8 nitrogen and oxygen atoms in total. The van der Waals surface area contributed by atoms with E-state index in [-0.39, 0.29) is 31.2 Å². The molecule has 0 bridgehead atoms. The van der Waals surface area contributed by atoms with E-state index in [1.165, 1.54) is 18.1 Å². The Bertz CT molecular complexity index is 699. The lowest BCUT2D eigenvalue weighted by atomic mass is 9.84. The van der Waals surface area contributed by atoms with Gasteiger partial charge in [-0.2, -0.15) is 0 Å². The van der Waals surface area contributed by atoms with Crippen molar-refractivity contribution in [3.8, 4) is 12.3 Å². The van der Waals surface area contributed by atoms with Gasteiger partial charge in [-0.3, -0.25) is 9.59 Å². The van der Waals surface area contributed by atoms with Crippen molar-refractivity contribution in [1.29, 1.82) is 0 Å². The average molecular weight is 316 g/mol. The number of methoxy groups -OCH3 is 1. The number of terminal acetylenes is 1. The largest absolute Gasteiger partial charge is 0.469 e. The summed E-state index contributed by atoms with van der Waals surface area (Å²) in [4.78, 5) is 28.6. The third-order valence-corrected chi connectivity index (χ3v) is 3.86. The number of likely N-dealkylation sites (tertiary alicyclic amines) is 1. The maximum atomic E-state index is 12.5. The molecule has 0 spiro atoms. The van der Waals surface area contributed by atoms with Gasteiger partial charge in [-0.25, -0.2) is 0 Å². The van der Waals surface area contributed by atoms with Gasteiger partial charge in [0.25, 0.3) is 5.91 Å². The highest BCUT2D eigenvalue weighted by atomic mass is 16.5. The van der Waals surface area contributed by atoms with Gasteiger partial charge >= 0.3 is 5.97 Å². The van der Waals surface area contributed by atoms with Gasteiger partial charge in [0.05, 0.1) is 19.1 Å². The zero-order valence-electron chi connectivity index (χ0n) is 12.7. The molecule has 1 saturated heterocycles. The van der Waals surface area contributed by atoms with Crippen molar-refractivity contribution < 1.29 is 18.7 Å². The zero-order chi connectivity index (χ0) is 16.9. The molecule has 1 fully saturated rings. The predicted molar refractivity (Wildman–Crippen MR) is 80.0 cm³/mol. The standard InChI is InChI=1S/C15H16N4O4/c1-3-6-15(14(21)22-2)7-8-19(10-15)13(20)12-5-4-11(23-12)9-17-18-16/h1,4-5H,6-10H2,2H3. The van der Waals surface area contributed by atoms with E-state index in [0.29, 0.717) is 18.7 Å². The maximum Gasteiger partial charge on any atom is 0.314 e. The molecular weight excluding hydrogens is 300 g/mol. The van der Waals surface area contributed by atoms with Crippen LogP contribution in [0.25, 0.3) is 10.4 Å². The van der Waals surface area contributed by atoms with E-state index >= 15 is 0 Å². The molecule has 2 heterocycles. The molecule has 120 valence electrons.